The Morgan fingerprint density at radius 3 is 2.44 bits per heavy atom. The third-order valence-electron chi connectivity index (χ3n) is 3.24. The van der Waals surface area contributed by atoms with Gasteiger partial charge in [0.25, 0.3) is 0 Å². The number of carbonyl (C=O) groups is 1. The van der Waals surface area contributed by atoms with E-state index < -0.39 is 11.4 Å². The summed E-state index contributed by atoms with van der Waals surface area (Å²) in [7, 11) is 2.11. The Hall–Kier alpha value is -0.570. The van der Waals surface area contributed by atoms with Gasteiger partial charge in [0.15, 0.2) is 0 Å². The first-order valence-corrected chi connectivity index (χ1v) is 6.21. The highest BCUT2D eigenvalue weighted by Gasteiger charge is 2.26. The van der Waals surface area contributed by atoms with Crippen molar-refractivity contribution in [1.29, 1.82) is 0 Å². The summed E-state index contributed by atoms with van der Waals surface area (Å²) in [4.78, 5) is 13.2. The fourth-order valence-corrected chi connectivity index (χ4v) is 1.65. The van der Waals surface area contributed by atoms with E-state index in [2.05, 4.69) is 25.8 Å². The Kier molecular flexibility index (Phi) is 6.65. The molecule has 0 aliphatic carbocycles. The molecule has 3 heteroatoms. The van der Waals surface area contributed by atoms with Gasteiger partial charge in [0.2, 0.25) is 0 Å². The van der Waals surface area contributed by atoms with E-state index in [0.717, 1.165) is 31.8 Å². The lowest BCUT2D eigenvalue weighted by atomic mass is 9.88. The summed E-state index contributed by atoms with van der Waals surface area (Å²) < 4.78 is 0. The van der Waals surface area contributed by atoms with E-state index in [1.165, 1.54) is 6.42 Å². The lowest BCUT2D eigenvalue weighted by Gasteiger charge is -2.23. The number of hydrogen-bond acceptors (Lipinski definition) is 2. The standard InChI is InChI=1S/C13H27NO2/c1-6-11(2)10-14(5)9-7-8-13(3,4)12(15)16/h11H,6-10H2,1-5H3,(H,15,16). The Morgan fingerprint density at radius 1 is 1.44 bits per heavy atom. The maximum absolute atomic E-state index is 10.9. The van der Waals surface area contributed by atoms with Gasteiger partial charge in [-0.3, -0.25) is 4.79 Å². The van der Waals surface area contributed by atoms with Crippen molar-refractivity contribution in [1.82, 2.24) is 4.90 Å². The summed E-state index contributed by atoms with van der Waals surface area (Å²) in [5, 5.41) is 8.98. The average Bonchev–Trinajstić information content (AvgIpc) is 2.16. The highest BCUT2D eigenvalue weighted by atomic mass is 16.4. The average molecular weight is 229 g/mol. The number of rotatable bonds is 8. The van der Waals surface area contributed by atoms with Gasteiger partial charge in [-0.2, -0.15) is 0 Å². The Morgan fingerprint density at radius 2 is 2.00 bits per heavy atom. The van der Waals surface area contributed by atoms with E-state index in [1.54, 1.807) is 13.8 Å². The van der Waals surface area contributed by atoms with Gasteiger partial charge < -0.3 is 10.0 Å². The van der Waals surface area contributed by atoms with Crippen molar-refractivity contribution in [3.63, 3.8) is 0 Å². The molecule has 1 atom stereocenters. The summed E-state index contributed by atoms with van der Waals surface area (Å²) in [5.74, 6) is 0.0227. The summed E-state index contributed by atoms with van der Waals surface area (Å²) in [6, 6.07) is 0. The van der Waals surface area contributed by atoms with Crippen molar-refractivity contribution in [3.8, 4) is 0 Å². The molecule has 0 saturated carbocycles. The molecular formula is C13H27NO2. The van der Waals surface area contributed by atoms with Crippen LogP contribution >= 0.6 is 0 Å². The molecule has 0 aromatic carbocycles. The Balaban J connectivity index is 3.77. The zero-order valence-electron chi connectivity index (χ0n) is 11.4. The molecule has 0 aromatic rings. The van der Waals surface area contributed by atoms with Crippen LogP contribution in [-0.4, -0.2) is 36.1 Å². The van der Waals surface area contributed by atoms with E-state index in [9.17, 15) is 4.79 Å². The molecule has 3 nitrogen and oxygen atoms in total. The smallest absolute Gasteiger partial charge is 0.309 e. The van der Waals surface area contributed by atoms with Crippen LogP contribution in [0.2, 0.25) is 0 Å². The van der Waals surface area contributed by atoms with E-state index in [4.69, 9.17) is 5.11 Å². The van der Waals surface area contributed by atoms with Crippen molar-refractivity contribution in [2.45, 2.75) is 47.0 Å². The largest absolute Gasteiger partial charge is 0.481 e. The van der Waals surface area contributed by atoms with Gasteiger partial charge in [0.1, 0.15) is 0 Å². The second kappa shape index (κ2) is 6.89. The molecule has 0 bridgehead atoms. The van der Waals surface area contributed by atoms with Crippen LogP contribution in [0.1, 0.15) is 47.0 Å². The minimum Gasteiger partial charge on any atom is -0.481 e. The van der Waals surface area contributed by atoms with Crippen LogP contribution in [-0.2, 0) is 4.79 Å². The van der Waals surface area contributed by atoms with Gasteiger partial charge in [-0.25, -0.2) is 0 Å². The van der Waals surface area contributed by atoms with Crippen LogP contribution in [0.25, 0.3) is 0 Å². The fourth-order valence-electron chi connectivity index (χ4n) is 1.65. The number of aliphatic carboxylic acids is 1. The highest BCUT2D eigenvalue weighted by Crippen LogP contribution is 2.22. The Bertz CT molecular complexity index is 214. The highest BCUT2D eigenvalue weighted by molar-refractivity contribution is 5.73. The molecule has 0 aromatic heterocycles. The molecule has 0 amide bonds. The number of nitrogens with zero attached hydrogens (tertiary/aromatic N) is 1. The first-order chi connectivity index (χ1) is 7.29. The van der Waals surface area contributed by atoms with Crippen molar-refractivity contribution < 1.29 is 9.90 Å². The lowest BCUT2D eigenvalue weighted by Crippen LogP contribution is -2.28. The second-order valence-electron chi connectivity index (χ2n) is 5.57. The summed E-state index contributed by atoms with van der Waals surface area (Å²) >= 11 is 0. The normalized spacial score (nSPS) is 14.1. The molecule has 0 aliphatic rings. The minimum atomic E-state index is -0.697. The molecule has 1 N–H and O–H groups in total. The van der Waals surface area contributed by atoms with Crippen molar-refractivity contribution >= 4 is 5.97 Å². The van der Waals surface area contributed by atoms with E-state index in [0.29, 0.717) is 0 Å². The van der Waals surface area contributed by atoms with Crippen molar-refractivity contribution in [3.05, 3.63) is 0 Å². The lowest BCUT2D eigenvalue weighted by molar-refractivity contribution is -0.147. The number of carboxylic acid groups (broad SMARTS) is 1. The van der Waals surface area contributed by atoms with Crippen LogP contribution in [0.3, 0.4) is 0 Å². The Labute approximate surface area is 99.8 Å². The monoisotopic (exact) mass is 229 g/mol. The van der Waals surface area contributed by atoms with Crippen molar-refractivity contribution in [2.75, 3.05) is 20.1 Å². The molecule has 0 heterocycles. The van der Waals surface area contributed by atoms with E-state index in [1.807, 2.05) is 0 Å². The topological polar surface area (TPSA) is 40.5 Å². The number of carboxylic acids is 1. The predicted molar refractivity (Wildman–Crippen MR) is 67.6 cm³/mol. The predicted octanol–water partition coefficient (Wildman–Crippen LogP) is 2.86. The molecule has 0 fully saturated rings. The molecule has 96 valence electrons. The van der Waals surface area contributed by atoms with Gasteiger partial charge in [0.05, 0.1) is 5.41 Å². The fraction of sp³-hybridized carbons (Fsp3) is 0.923. The SMILES string of the molecule is CCC(C)CN(C)CCCC(C)(C)C(=O)O. The van der Waals surface area contributed by atoms with Crippen molar-refractivity contribution in [2.24, 2.45) is 11.3 Å². The van der Waals surface area contributed by atoms with Crippen LogP contribution in [0, 0.1) is 11.3 Å². The van der Waals surface area contributed by atoms with E-state index >= 15 is 0 Å². The van der Waals surface area contributed by atoms with Gasteiger partial charge in [0, 0.05) is 6.54 Å². The quantitative estimate of drug-likeness (QED) is 0.695. The van der Waals surface area contributed by atoms with Gasteiger partial charge in [-0.05, 0) is 46.2 Å². The van der Waals surface area contributed by atoms with Crippen LogP contribution in [0.4, 0.5) is 0 Å². The third kappa shape index (κ3) is 6.11. The first kappa shape index (κ1) is 15.4. The van der Waals surface area contributed by atoms with Crippen LogP contribution < -0.4 is 0 Å². The molecule has 0 rings (SSSR count). The summed E-state index contributed by atoms with van der Waals surface area (Å²) in [5.41, 5.74) is -0.586. The minimum absolute atomic E-state index is 0.586. The molecule has 0 aliphatic heterocycles. The van der Waals surface area contributed by atoms with E-state index in [-0.39, 0.29) is 0 Å². The van der Waals surface area contributed by atoms with Gasteiger partial charge in [-0.15, -0.1) is 0 Å². The maximum Gasteiger partial charge on any atom is 0.309 e. The maximum atomic E-state index is 10.9. The molecule has 0 spiro atoms. The zero-order chi connectivity index (χ0) is 12.8. The first-order valence-electron chi connectivity index (χ1n) is 6.21. The number of hydrogen-bond donors (Lipinski definition) is 1. The second-order valence-corrected chi connectivity index (χ2v) is 5.57. The summed E-state index contributed by atoms with van der Waals surface area (Å²) in [6.45, 7) is 10.1. The van der Waals surface area contributed by atoms with Crippen LogP contribution in [0.5, 0.6) is 0 Å². The molecule has 0 radical (unpaired) electrons. The van der Waals surface area contributed by atoms with Crippen LogP contribution in [0.15, 0.2) is 0 Å². The van der Waals surface area contributed by atoms with Gasteiger partial charge >= 0.3 is 5.97 Å². The molecule has 1 unspecified atom stereocenters. The zero-order valence-corrected chi connectivity index (χ0v) is 11.4. The molecule has 16 heavy (non-hydrogen) atoms. The molecular weight excluding hydrogens is 202 g/mol. The third-order valence-corrected chi connectivity index (χ3v) is 3.24. The van der Waals surface area contributed by atoms with Gasteiger partial charge in [-0.1, -0.05) is 20.3 Å². The molecule has 0 saturated heterocycles. The summed E-state index contributed by atoms with van der Waals surface area (Å²) in [6.07, 6.45) is 2.89.